The molecule has 1 aromatic heterocycles. The lowest BCUT2D eigenvalue weighted by Crippen LogP contribution is -2.52. The highest BCUT2D eigenvalue weighted by Gasteiger charge is 2.46. The molecular weight excluding hydrogens is 362 g/mol. The van der Waals surface area contributed by atoms with E-state index in [1.54, 1.807) is 21.1 Å². The Labute approximate surface area is 162 Å². The third-order valence-corrected chi connectivity index (χ3v) is 6.13. The van der Waals surface area contributed by atoms with E-state index >= 15 is 0 Å². The molecule has 0 radical (unpaired) electrons. The molecule has 27 heavy (non-hydrogen) atoms. The summed E-state index contributed by atoms with van der Waals surface area (Å²) in [5.74, 6) is 0.539. The SMILES string of the molecule is CN(C)C1=NC2(CCN(C(=O)NCc3ccc4sccc4c3)CC2)C(=O)N1. The number of benzene rings is 1. The van der Waals surface area contributed by atoms with Crippen molar-refractivity contribution in [1.29, 1.82) is 0 Å². The fourth-order valence-electron chi connectivity index (χ4n) is 3.55. The number of amides is 3. The number of nitrogens with one attached hydrogen (secondary N) is 2. The Morgan fingerprint density at radius 3 is 2.81 bits per heavy atom. The molecule has 1 spiro atoms. The Morgan fingerprint density at radius 2 is 2.11 bits per heavy atom. The number of hydrogen-bond acceptors (Lipinski definition) is 5. The van der Waals surface area contributed by atoms with Gasteiger partial charge in [0.25, 0.3) is 5.91 Å². The van der Waals surface area contributed by atoms with Crippen molar-refractivity contribution in [3.05, 3.63) is 35.2 Å². The lowest BCUT2D eigenvalue weighted by Gasteiger charge is -2.35. The summed E-state index contributed by atoms with van der Waals surface area (Å²) in [6.45, 7) is 1.54. The zero-order valence-corrected chi connectivity index (χ0v) is 16.3. The maximum absolute atomic E-state index is 12.5. The molecule has 1 saturated heterocycles. The van der Waals surface area contributed by atoms with Gasteiger partial charge >= 0.3 is 6.03 Å². The molecule has 2 aliphatic heterocycles. The maximum Gasteiger partial charge on any atom is 0.317 e. The van der Waals surface area contributed by atoms with Crippen molar-refractivity contribution in [2.24, 2.45) is 4.99 Å². The minimum Gasteiger partial charge on any atom is -0.349 e. The van der Waals surface area contributed by atoms with E-state index in [1.165, 1.54) is 10.1 Å². The molecule has 2 aromatic rings. The normalized spacial score (nSPS) is 18.5. The number of carbonyl (C=O) groups excluding carboxylic acids is 2. The van der Waals surface area contributed by atoms with Gasteiger partial charge in [-0.2, -0.15) is 0 Å². The number of guanidine groups is 1. The van der Waals surface area contributed by atoms with Gasteiger partial charge in [-0.1, -0.05) is 6.07 Å². The highest BCUT2D eigenvalue weighted by Crippen LogP contribution is 2.30. The molecule has 4 rings (SSSR count). The molecule has 3 heterocycles. The molecule has 142 valence electrons. The van der Waals surface area contributed by atoms with Crippen molar-refractivity contribution in [3.8, 4) is 0 Å². The van der Waals surface area contributed by atoms with Crippen LogP contribution in [0.1, 0.15) is 18.4 Å². The molecule has 8 heteroatoms. The van der Waals surface area contributed by atoms with Crippen LogP contribution in [0, 0.1) is 0 Å². The second-order valence-electron chi connectivity index (χ2n) is 7.25. The molecule has 2 aliphatic rings. The molecule has 0 bridgehead atoms. The van der Waals surface area contributed by atoms with Gasteiger partial charge < -0.3 is 15.1 Å². The third kappa shape index (κ3) is 3.37. The van der Waals surface area contributed by atoms with Crippen LogP contribution in [0.2, 0.25) is 0 Å². The van der Waals surface area contributed by atoms with Gasteiger partial charge in [0.1, 0.15) is 5.54 Å². The van der Waals surface area contributed by atoms with Crippen LogP contribution in [0.4, 0.5) is 4.79 Å². The van der Waals surface area contributed by atoms with E-state index in [2.05, 4.69) is 39.2 Å². The van der Waals surface area contributed by atoms with E-state index in [9.17, 15) is 9.59 Å². The van der Waals surface area contributed by atoms with E-state index in [0.717, 1.165) is 5.56 Å². The Kier molecular flexibility index (Phi) is 4.51. The first-order chi connectivity index (χ1) is 13.0. The number of likely N-dealkylation sites (tertiary alicyclic amines) is 1. The summed E-state index contributed by atoms with van der Waals surface area (Å²) < 4.78 is 1.25. The molecule has 3 amide bonds. The fourth-order valence-corrected chi connectivity index (χ4v) is 4.32. The molecule has 0 aliphatic carbocycles. The Morgan fingerprint density at radius 1 is 1.33 bits per heavy atom. The first-order valence-corrected chi connectivity index (χ1v) is 9.92. The summed E-state index contributed by atoms with van der Waals surface area (Å²) in [5, 5.41) is 9.10. The summed E-state index contributed by atoms with van der Waals surface area (Å²) in [6, 6.07) is 8.24. The number of carbonyl (C=O) groups is 2. The van der Waals surface area contributed by atoms with Crippen molar-refractivity contribution in [3.63, 3.8) is 0 Å². The minimum atomic E-state index is -0.722. The zero-order chi connectivity index (χ0) is 19.0. The molecule has 7 nitrogen and oxygen atoms in total. The Hall–Kier alpha value is -2.61. The van der Waals surface area contributed by atoms with E-state index < -0.39 is 5.54 Å². The lowest BCUT2D eigenvalue weighted by molar-refractivity contribution is -0.125. The average molecular weight is 385 g/mol. The number of thiophene rings is 1. The van der Waals surface area contributed by atoms with E-state index in [1.807, 2.05) is 20.2 Å². The standard InChI is InChI=1S/C19H23N5O2S/c1-23(2)17-21-16(25)19(22-17)6-8-24(9-7-19)18(26)20-12-13-3-4-15-14(11-13)5-10-27-15/h3-5,10-11H,6-9,12H2,1-2H3,(H,20,26)(H,21,22,25). The highest BCUT2D eigenvalue weighted by molar-refractivity contribution is 7.17. The molecule has 1 fully saturated rings. The number of aliphatic imine (C=N–C) groups is 1. The highest BCUT2D eigenvalue weighted by atomic mass is 32.1. The Bertz CT molecular complexity index is 912. The predicted molar refractivity (Wildman–Crippen MR) is 107 cm³/mol. The van der Waals surface area contributed by atoms with Gasteiger partial charge in [0.15, 0.2) is 0 Å². The number of piperidine rings is 1. The number of hydrogen-bond donors (Lipinski definition) is 2. The Balaban J connectivity index is 1.34. The third-order valence-electron chi connectivity index (χ3n) is 5.23. The number of nitrogens with zero attached hydrogens (tertiary/aromatic N) is 3. The van der Waals surface area contributed by atoms with Crippen LogP contribution in [0.15, 0.2) is 34.6 Å². The number of urea groups is 1. The van der Waals surface area contributed by atoms with Gasteiger partial charge in [0, 0.05) is 38.4 Å². The van der Waals surface area contributed by atoms with E-state index in [0.29, 0.717) is 38.4 Å². The van der Waals surface area contributed by atoms with Crippen LogP contribution in [-0.2, 0) is 11.3 Å². The average Bonchev–Trinajstić information content (AvgIpc) is 3.25. The van der Waals surface area contributed by atoms with Crippen molar-refractivity contribution in [2.45, 2.75) is 24.9 Å². The molecule has 1 aromatic carbocycles. The van der Waals surface area contributed by atoms with Crippen molar-refractivity contribution >= 4 is 39.3 Å². The predicted octanol–water partition coefficient (Wildman–Crippen LogP) is 1.99. The monoisotopic (exact) mass is 385 g/mol. The first kappa shape index (κ1) is 17.8. The van der Waals surface area contributed by atoms with Crippen molar-refractivity contribution in [2.75, 3.05) is 27.2 Å². The van der Waals surface area contributed by atoms with Gasteiger partial charge in [-0.25, -0.2) is 9.79 Å². The van der Waals surface area contributed by atoms with Crippen LogP contribution < -0.4 is 10.6 Å². The summed E-state index contributed by atoms with van der Waals surface area (Å²) in [5.41, 5.74) is 0.360. The van der Waals surface area contributed by atoms with E-state index in [-0.39, 0.29) is 11.9 Å². The summed E-state index contributed by atoms with van der Waals surface area (Å²) in [4.78, 5) is 33.0. The number of rotatable bonds is 2. The smallest absolute Gasteiger partial charge is 0.317 e. The second-order valence-corrected chi connectivity index (χ2v) is 8.20. The second kappa shape index (κ2) is 6.84. The minimum absolute atomic E-state index is 0.0599. The molecule has 0 unspecified atom stereocenters. The maximum atomic E-state index is 12.5. The van der Waals surface area contributed by atoms with Gasteiger partial charge in [0.2, 0.25) is 5.96 Å². The molecule has 0 saturated carbocycles. The van der Waals surface area contributed by atoms with Crippen molar-refractivity contribution < 1.29 is 9.59 Å². The number of fused-ring (bicyclic) bond motifs is 1. The van der Waals surface area contributed by atoms with Gasteiger partial charge in [0.05, 0.1) is 0 Å². The first-order valence-electron chi connectivity index (χ1n) is 9.04. The van der Waals surface area contributed by atoms with Crippen LogP contribution in [0.3, 0.4) is 0 Å². The summed E-state index contributed by atoms with van der Waals surface area (Å²) in [6.07, 6.45) is 1.09. The van der Waals surface area contributed by atoms with Gasteiger partial charge in [-0.15, -0.1) is 11.3 Å². The largest absolute Gasteiger partial charge is 0.349 e. The summed E-state index contributed by atoms with van der Waals surface area (Å²) in [7, 11) is 3.71. The van der Waals surface area contributed by atoms with Gasteiger partial charge in [-0.05, 0) is 47.4 Å². The van der Waals surface area contributed by atoms with Crippen LogP contribution in [0.25, 0.3) is 10.1 Å². The summed E-state index contributed by atoms with van der Waals surface area (Å²) >= 11 is 1.71. The van der Waals surface area contributed by atoms with E-state index in [4.69, 9.17) is 0 Å². The topological polar surface area (TPSA) is 77.0 Å². The quantitative estimate of drug-likeness (QED) is 0.830. The van der Waals surface area contributed by atoms with Crippen LogP contribution >= 0.6 is 11.3 Å². The van der Waals surface area contributed by atoms with Gasteiger partial charge in [-0.3, -0.25) is 10.1 Å². The molecule has 2 N–H and O–H groups in total. The molecular formula is C19H23N5O2S. The fraction of sp³-hybridized carbons (Fsp3) is 0.421. The van der Waals surface area contributed by atoms with Crippen LogP contribution in [-0.4, -0.2) is 60.4 Å². The zero-order valence-electron chi connectivity index (χ0n) is 15.5. The van der Waals surface area contributed by atoms with Crippen LogP contribution in [0.5, 0.6) is 0 Å². The lowest BCUT2D eigenvalue weighted by atomic mass is 9.88. The molecule has 0 atom stereocenters. The van der Waals surface area contributed by atoms with Crippen molar-refractivity contribution in [1.82, 2.24) is 20.4 Å².